The second-order valence-corrected chi connectivity index (χ2v) is 7.29. The molecule has 0 saturated carbocycles. The summed E-state index contributed by atoms with van der Waals surface area (Å²) in [4.78, 5) is 27.6. The standard InChI is InChI=1S/C26H23NO4/c1-2-16-31-21-15-9-12-19(17-21)24(28)22-23(18-10-5-3-6-11-18)27(26(30)25(22)29)20-13-7-4-8-14-20/h3-15,17,23,28H,2,16H2,1H3/b24-22-. The highest BCUT2D eigenvalue weighted by Crippen LogP contribution is 2.42. The SMILES string of the molecule is CCCOc1cccc(/C(O)=C2/C(=O)C(=O)N(c3ccccc3)C2c2ccccc2)c1. The molecule has 3 aromatic rings. The van der Waals surface area contributed by atoms with Crippen molar-refractivity contribution < 1.29 is 19.4 Å². The Bertz CT molecular complexity index is 1120. The lowest BCUT2D eigenvalue weighted by molar-refractivity contribution is -0.132. The van der Waals surface area contributed by atoms with Gasteiger partial charge in [-0.3, -0.25) is 14.5 Å². The van der Waals surface area contributed by atoms with Gasteiger partial charge in [0.15, 0.2) is 0 Å². The summed E-state index contributed by atoms with van der Waals surface area (Å²) in [6.07, 6.45) is 0.854. The molecule has 0 spiro atoms. The topological polar surface area (TPSA) is 66.8 Å². The van der Waals surface area contributed by atoms with Gasteiger partial charge in [0.05, 0.1) is 18.2 Å². The first-order valence-corrected chi connectivity index (χ1v) is 10.3. The number of benzene rings is 3. The van der Waals surface area contributed by atoms with Gasteiger partial charge in [-0.25, -0.2) is 0 Å². The Kier molecular flexibility index (Phi) is 5.85. The van der Waals surface area contributed by atoms with E-state index in [-0.39, 0.29) is 11.3 Å². The molecule has 1 aliphatic heterocycles. The largest absolute Gasteiger partial charge is 0.507 e. The molecule has 0 aliphatic carbocycles. The monoisotopic (exact) mass is 413 g/mol. The summed E-state index contributed by atoms with van der Waals surface area (Å²) in [5, 5.41) is 11.2. The predicted octanol–water partition coefficient (Wildman–Crippen LogP) is 5.10. The van der Waals surface area contributed by atoms with E-state index in [0.717, 1.165) is 12.0 Å². The van der Waals surface area contributed by atoms with Crippen molar-refractivity contribution >= 4 is 23.1 Å². The number of carbonyl (C=O) groups excluding carboxylic acids is 2. The van der Waals surface area contributed by atoms with Crippen LogP contribution in [0.4, 0.5) is 5.69 Å². The number of ketones is 1. The van der Waals surface area contributed by atoms with E-state index in [9.17, 15) is 14.7 Å². The maximum Gasteiger partial charge on any atom is 0.300 e. The lowest BCUT2D eigenvalue weighted by atomic mass is 9.95. The average molecular weight is 413 g/mol. The van der Waals surface area contributed by atoms with Gasteiger partial charge in [0, 0.05) is 11.3 Å². The minimum absolute atomic E-state index is 0.0627. The van der Waals surface area contributed by atoms with Crippen LogP contribution in [0.15, 0.2) is 90.5 Å². The molecule has 1 heterocycles. The first-order chi connectivity index (χ1) is 15.1. The summed E-state index contributed by atoms with van der Waals surface area (Å²) < 4.78 is 5.66. The number of hydrogen-bond acceptors (Lipinski definition) is 4. The summed E-state index contributed by atoms with van der Waals surface area (Å²) in [6.45, 7) is 2.56. The molecule has 0 bridgehead atoms. The van der Waals surface area contributed by atoms with Crippen molar-refractivity contribution in [2.75, 3.05) is 11.5 Å². The van der Waals surface area contributed by atoms with Crippen molar-refractivity contribution in [2.24, 2.45) is 0 Å². The third-order valence-corrected chi connectivity index (χ3v) is 5.17. The van der Waals surface area contributed by atoms with Gasteiger partial charge in [0.2, 0.25) is 0 Å². The predicted molar refractivity (Wildman–Crippen MR) is 120 cm³/mol. The van der Waals surface area contributed by atoms with Crippen molar-refractivity contribution in [2.45, 2.75) is 19.4 Å². The number of ether oxygens (including phenoxy) is 1. The molecular weight excluding hydrogens is 390 g/mol. The van der Waals surface area contributed by atoms with Gasteiger partial charge < -0.3 is 9.84 Å². The van der Waals surface area contributed by atoms with Crippen LogP contribution in [0.25, 0.3) is 5.76 Å². The van der Waals surface area contributed by atoms with E-state index >= 15 is 0 Å². The lowest BCUT2D eigenvalue weighted by Crippen LogP contribution is -2.29. The molecule has 1 fully saturated rings. The van der Waals surface area contributed by atoms with E-state index in [1.807, 2.05) is 55.5 Å². The quantitative estimate of drug-likeness (QED) is 0.347. The molecule has 5 nitrogen and oxygen atoms in total. The molecular formula is C26H23NO4. The third-order valence-electron chi connectivity index (χ3n) is 5.17. The normalized spacial score (nSPS) is 17.7. The Labute approximate surface area is 181 Å². The van der Waals surface area contributed by atoms with Gasteiger partial charge in [0.25, 0.3) is 11.7 Å². The minimum Gasteiger partial charge on any atom is -0.507 e. The van der Waals surface area contributed by atoms with Crippen LogP contribution in [0.2, 0.25) is 0 Å². The van der Waals surface area contributed by atoms with Crippen LogP contribution in [-0.2, 0) is 9.59 Å². The number of Topliss-reactive ketones (excluding diaryl/α,β-unsaturated/α-hetero) is 1. The highest BCUT2D eigenvalue weighted by atomic mass is 16.5. The number of hydrogen-bond donors (Lipinski definition) is 1. The number of para-hydroxylation sites is 1. The summed E-state index contributed by atoms with van der Waals surface area (Å²) in [6, 6.07) is 24.5. The number of anilines is 1. The van der Waals surface area contributed by atoms with Gasteiger partial charge >= 0.3 is 0 Å². The maximum absolute atomic E-state index is 13.1. The number of amides is 1. The maximum atomic E-state index is 13.1. The van der Waals surface area contributed by atoms with E-state index in [0.29, 0.717) is 23.6 Å². The highest BCUT2D eigenvalue weighted by Gasteiger charge is 2.46. The average Bonchev–Trinajstić information content (AvgIpc) is 3.09. The first kappa shape index (κ1) is 20.4. The molecule has 156 valence electrons. The molecule has 1 unspecified atom stereocenters. The number of aliphatic hydroxyl groups is 1. The van der Waals surface area contributed by atoms with Crippen LogP contribution < -0.4 is 9.64 Å². The molecule has 1 N–H and O–H groups in total. The van der Waals surface area contributed by atoms with E-state index in [4.69, 9.17) is 4.74 Å². The Morgan fingerprint density at radius 2 is 1.61 bits per heavy atom. The molecule has 1 amide bonds. The second kappa shape index (κ2) is 8.88. The number of nitrogens with zero attached hydrogens (tertiary/aromatic N) is 1. The van der Waals surface area contributed by atoms with Crippen molar-refractivity contribution in [3.63, 3.8) is 0 Å². The van der Waals surface area contributed by atoms with Crippen LogP contribution in [0.1, 0.15) is 30.5 Å². The van der Waals surface area contributed by atoms with Gasteiger partial charge in [-0.15, -0.1) is 0 Å². The number of carbonyl (C=O) groups is 2. The number of aliphatic hydroxyl groups excluding tert-OH is 1. The molecule has 31 heavy (non-hydrogen) atoms. The van der Waals surface area contributed by atoms with E-state index in [1.54, 1.807) is 36.4 Å². The smallest absolute Gasteiger partial charge is 0.300 e. The summed E-state index contributed by atoms with van der Waals surface area (Å²) in [7, 11) is 0. The zero-order valence-corrected chi connectivity index (χ0v) is 17.2. The fraction of sp³-hybridized carbons (Fsp3) is 0.154. The van der Waals surface area contributed by atoms with Gasteiger partial charge in [-0.2, -0.15) is 0 Å². The van der Waals surface area contributed by atoms with Crippen molar-refractivity contribution in [1.29, 1.82) is 0 Å². The number of rotatable bonds is 6. The molecule has 0 aromatic heterocycles. The zero-order chi connectivity index (χ0) is 21.8. The molecule has 0 radical (unpaired) electrons. The van der Waals surface area contributed by atoms with Crippen LogP contribution in [0, 0.1) is 0 Å². The highest BCUT2D eigenvalue weighted by molar-refractivity contribution is 6.51. The Balaban J connectivity index is 1.87. The van der Waals surface area contributed by atoms with Crippen LogP contribution in [0.5, 0.6) is 5.75 Å². The first-order valence-electron chi connectivity index (χ1n) is 10.3. The molecule has 3 aromatic carbocycles. The summed E-state index contributed by atoms with van der Waals surface area (Å²) >= 11 is 0. The van der Waals surface area contributed by atoms with Crippen molar-refractivity contribution in [3.05, 3.63) is 102 Å². The Morgan fingerprint density at radius 3 is 2.29 bits per heavy atom. The second-order valence-electron chi connectivity index (χ2n) is 7.29. The molecule has 4 rings (SSSR count). The molecule has 1 atom stereocenters. The Hall–Kier alpha value is -3.86. The molecule has 1 aliphatic rings. The van der Waals surface area contributed by atoms with Crippen molar-refractivity contribution in [1.82, 2.24) is 0 Å². The molecule has 1 saturated heterocycles. The minimum atomic E-state index is -0.733. The van der Waals surface area contributed by atoms with Gasteiger partial charge in [0.1, 0.15) is 11.5 Å². The fourth-order valence-electron chi connectivity index (χ4n) is 3.75. The van der Waals surface area contributed by atoms with Gasteiger partial charge in [-0.1, -0.05) is 67.6 Å². The Morgan fingerprint density at radius 1 is 0.935 bits per heavy atom. The fourth-order valence-corrected chi connectivity index (χ4v) is 3.75. The van der Waals surface area contributed by atoms with Crippen LogP contribution >= 0.6 is 0 Å². The van der Waals surface area contributed by atoms with E-state index in [2.05, 4.69) is 0 Å². The van der Waals surface area contributed by atoms with Crippen LogP contribution in [-0.4, -0.2) is 23.4 Å². The molecule has 5 heteroatoms. The van der Waals surface area contributed by atoms with Crippen LogP contribution in [0.3, 0.4) is 0 Å². The van der Waals surface area contributed by atoms with E-state index in [1.165, 1.54) is 4.90 Å². The summed E-state index contributed by atoms with van der Waals surface area (Å²) in [5.41, 5.74) is 1.83. The van der Waals surface area contributed by atoms with Crippen molar-refractivity contribution in [3.8, 4) is 5.75 Å². The van der Waals surface area contributed by atoms with Gasteiger partial charge in [-0.05, 0) is 36.2 Å². The zero-order valence-electron chi connectivity index (χ0n) is 17.2. The third kappa shape index (κ3) is 3.94. The van der Waals surface area contributed by atoms with E-state index < -0.39 is 17.7 Å². The summed E-state index contributed by atoms with van der Waals surface area (Å²) in [5.74, 6) is -0.998. The lowest BCUT2D eigenvalue weighted by Gasteiger charge is -2.25.